The number of hydrogen-bond donors (Lipinski definition) is 1. The van der Waals surface area contributed by atoms with Crippen molar-refractivity contribution in [2.24, 2.45) is 0 Å². The van der Waals surface area contributed by atoms with Crippen LogP contribution in [0.1, 0.15) is 21.7 Å². The van der Waals surface area contributed by atoms with Crippen LogP contribution in [0.2, 0.25) is 10.0 Å². The normalized spacial score (nSPS) is 10.7. The molecule has 0 saturated heterocycles. The molecule has 1 aromatic carbocycles. The van der Waals surface area contributed by atoms with Crippen LogP contribution in [0.25, 0.3) is 5.82 Å². The number of benzene rings is 1. The Balaban J connectivity index is 1.85. The number of anilines is 1. The molecule has 122 valence electrons. The number of amides is 1. The summed E-state index contributed by atoms with van der Waals surface area (Å²) in [5.74, 6) is 0.593. The fraction of sp³-hybridized carbons (Fsp3) is 0.125. The molecule has 0 aliphatic heterocycles. The van der Waals surface area contributed by atoms with Crippen molar-refractivity contribution in [1.82, 2.24) is 19.7 Å². The van der Waals surface area contributed by atoms with Crippen molar-refractivity contribution >= 4 is 34.9 Å². The fourth-order valence-electron chi connectivity index (χ4n) is 2.22. The second-order valence-electron chi connectivity index (χ2n) is 5.18. The first-order valence-electron chi connectivity index (χ1n) is 7.06. The van der Waals surface area contributed by atoms with Gasteiger partial charge in [0, 0.05) is 17.3 Å². The van der Waals surface area contributed by atoms with E-state index in [2.05, 4.69) is 20.4 Å². The molecule has 0 fully saturated rings. The number of halogens is 2. The van der Waals surface area contributed by atoms with Crippen molar-refractivity contribution < 1.29 is 4.79 Å². The molecule has 1 N–H and O–H groups in total. The maximum atomic E-state index is 12.3. The van der Waals surface area contributed by atoms with E-state index in [4.69, 9.17) is 23.2 Å². The van der Waals surface area contributed by atoms with Crippen molar-refractivity contribution in [3.05, 3.63) is 63.7 Å². The molecule has 0 bridgehead atoms. The Morgan fingerprint density at radius 3 is 2.54 bits per heavy atom. The van der Waals surface area contributed by atoms with Gasteiger partial charge in [0.2, 0.25) is 0 Å². The maximum absolute atomic E-state index is 12.3. The second kappa shape index (κ2) is 6.59. The van der Waals surface area contributed by atoms with Crippen LogP contribution >= 0.6 is 23.2 Å². The Morgan fingerprint density at radius 2 is 1.88 bits per heavy atom. The monoisotopic (exact) mass is 361 g/mol. The zero-order chi connectivity index (χ0) is 17.3. The first kappa shape index (κ1) is 16.4. The SMILES string of the molecule is Cc1cc(C)n(-c2cc(NC(=O)c3ccc(Cl)c(Cl)c3)ncn2)n1. The van der Waals surface area contributed by atoms with E-state index in [0.717, 1.165) is 11.4 Å². The summed E-state index contributed by atoms with van der Waals surface area (Å²) in [5.41, 5.74) is 2.20. The quantitative estimate of drug-likeness (QED) is 0.768. The first-order valence-corrected chi connectivity index (χ1v) is 7.82. The Kier molecular flexibility index (Phi) is 4.51. The van der Waals surface area contributed by atoms with Crippen LogP contribution in [0.5, 0.6) is 0 Å². The third kappa shape index (κ3) is 3.39. The molecule has 0 radical (unpaired) electrons. The average molecular weight is 362 g/mol. The van der Waals surface area contributed by atoms with Gasteiger partial charge in [0.1, 0.15) is 12.1 Å². The third-order valence-electron chi connectivity index (χ3n) is 3.30. The molecule has 0 aliphatic rings. The highest BCUT2D eigenvalue weighted by atomic mass is 35.5. The van der Waals surface area contributed by atoms with E-state index < -0.39 is 0 Å². The minimum atomic E-state index is -0.341. The van der Waals surface area contributed by atoms with Crippen LogP contribution in [-0.2, 0) is 0 Å². The van der Waals surface area contributed by atoms with E-state index in [0.29, 0.717) is 27.2 Å². The van der Waals surface area contributed by atoms with Gasteiger partial charge in [0.25, 0.3) is 5.91 Å². The van der Waals surface area contributed by atoms with Crippen molar-refractivity contribution in [2.45, 2.75) is 13.8 Å². The molecule has 0 saturated carbocycles. The van der Waals surface area contributed by atoms with Gasteiger partial charge in [-0.15, -0.1) is 0 Å². The van der Waals surface area contributed by atoms with Crippen LogP contribution in [-0.4, -0.2) is 25.7 Å². The smallest absolute Gasteiger partial charge is 0.256 e. The van der Waals surface area contributed by atoms with E-state index >= 15 is 0 Å². The van der Waals surface area contributed by atoms with E-state index in [1.807, 2.05) is 19.9 Å². The van der Waals surface area contributed by atoms with Crippen molar-refractivity contribution in [3.63, 3.8) is 0 Å². The zero-order valence-electron chi connectivity index (χ0n) is 12.9. The molecule has 0 atom stereocenters. The molecule has 6 nitrogen and oxygen atoms in total. The topological polar surface area (TPSA) is 72.7 Å². The van der Waals surface area contributed by atoms with Gasteiger partial charge in [-0.1, -0.05) is 23.2 Å². The molecule has 2 heterocycles. The molecule has 0 unspecified atom stereocenters. The Morgan fingerprint density at radius 1 is 1.08 bits per heavy atom. The lowest BCUT2D eigenvalue weighted by atomic mass is 10.2. The molecular weight excluding hydrogens is 349 g/mol. The summed E-state index contributed by atoms with van der Waals surface area (Å²) in [6.07, 6.45) is 1.37. The lowest BCUT2D eigenvalue weighted by molar-refractivity contribution is 0.102. The van der Waals surface area contributed by atoms with Gasteiger partial charge in [0.15, 0.2) is 5.82 Å². The van der Waals surface area contributed by atoms with Gasteiger partial charge in [-0.2, -0.15) is 5.10 Å². The summed E-state index contributed by atoms with van der Waals surface area (Å²) in [6.45, 7) is 3.83. The van der Waals surface area contributed by atoms with Crippen LogP contribution < -0.4 is 5.32 Å². The maximum Gasteiger partial charge on any atom is 0.256 e. The molecular formula is C16H13Cl2N5O. The van der Waals surface area contributed by atoms with Crippen LogP contribution in [0, 0.1) is 13.8 Å². The predicted octanol–water partition coefficient (Wildman–Crippen LogP) is 3.84. The summed E-state index contributed by atoms with van der Waals surface area (Å²) in [5, 5.41) is 7.78. The zero-order valence-corrected chi connectivity index (χ0v) is 14.4. The van der Waals surface area contributed by atoms with E-state index in [1.165, 1.54) is 12.4 Å². The summed E-state index contributed by atoms with van der Waals surface area (Å²) < 4.78 is 1.69. The number of rotatable bonds is 3. The first-order chi connectivity index (χ1) is 11.4. The summed E-state index contributed by atoms with van der Waals surface area (Å²) >= 11 is 11.8. The number of carbonyl (C=O) groups excluding carboxylic acids is 1. The van der Waals surface area contributed by atoms with Crippen molar-refractivity contribution in [3.8, 4) is 5.82 Å². The highest BCUT2D eigenvalue weighted by Gasteiger charge is 2.11. The highest BCUT2D eigenvalue weighted by molar-refractivity contribution is 6.42. The molecule has 3 aromatic rings. The van der Waals surface area contributed by atoms with E-state index in [1.54, 1.807) is 22.9 Å². The molecule has 24 heavy (non-hydrogen) atoms. The van der Waals surface area contributed by atoms with Gasteiger partial charge >= 0.3 is 0 Å². The van der Waals surface area contributed by atoms with Crippen LogP contribution in [0.3, 0.4) is 0 Å². The van der Waals surface area contributed by atoms with Gasteiger partial charge in [-0.25, -0.2) is 14.6 Å². The van der Waals surface area contributed by atoms with Gasteiger partial charge in [-0.05, 0) is 38.1 Å². The molecule has 1 amide bonds. The largest absolute Gasteiger partial charge is 0.306 e. The molecule has 0 spiro atoms. The van der Waals surface area contributed by atoms with E-state index in [-0.39, 0.29) is 5.91 Å². The predicted molar refractivity (Wildman–Crippen MR) is 93.0 cm³/mol. The minimum absolute atomic E-state index is 0.315. The summed E-state index contributed by atoms with van der Waals surface area (Å²) in [7, 11) is 0. The molecule has 0 aliphatic carbocycles. The Labute approximate surface area is 148 Å². The highest BCUT2D eigenvalue weighted by Crippen LogP contribution is 2.23. The lowest BCUT2D eigenvalue weighted by Crippen LogP contribution is -2.14. The van der Waals surface area contributed by atoms with E-state index in [9.17, 15) is 4.79 Å². The van der Waals surface area contributed by atoms with Crippen molar-refractivity contribution in [2.75, 3.05) is 5.32 Å². The van der Waals surface area contributed by atoms with Crippen molar-refractivity contribution in [1.29, 1.82) is 0 Å². The average Bonchev–Trinajstić information content (AvgIpc) is 2.89. The Bertz CT molecular complexity index is 923. The van der Waals surface area contributed by atoms with Gasteiger partial charge in [0.05, 0.1) is 15.7 Å². The number of nitrogens with one attached hydrogen (secondary N) is 1. The molecule has 2 aromatic heterocycles. The third-order valence-corrected chi connectivity index (χ3v) is 4.04. The molecule has 8 heteroatoms. The Hall–Kier alpha value is -2.44. The van der Waals surface area contributed by atoms with Crippen LogP contribution in [0.4, 0.5) is 5.82 Å². The number of nitrogens with zero attached hydrogens (tertiary/aromatic N) is 4. The second-order valence-corrected chi connectivity index (χ2v) is 6.00. The summed E-state index contributed by atoms with van der Waals surface area (Å²) in [6, 6.07) is 8.25. The minimum Gasteiger partial charge on any atom is -0.306 e. The van der Waals surface area contributed by atoms with Crippen LogP contribution in [0.15, 0.2) is 36.7 Å². The van der Waals surface area contributed by atoms with Gasteiger partial charge < -0.3 is 5.32 Å². The fourth-order valence-corrected chi connectivity index (χ4v) is 2.52. The number of aryl methyl sites for hydroxylation is 2. The number of hydrogen-bond acceptors (Lipinski definition) is 4. The number of carbonyl (C=O) groups is 1. The van der Waals surface area contributed by atoms with Gasteiger partial charge in [-0.3, -0.25) is 4.79 Å². The number of aromatic nitrogens is 4. The lowest BCUT2D eigenvalue weighted by Gasteiger charge is -2.07. The standard InChI is InChI=1S/C16H13Cl2N5O/c1-9-5-10(2)23(22-9)15-7-14(19-8-20-15)21-16(24)11-3-4-12(17)13(18)6-11/h3-8H,1-2H3,(H,19,20,21,24). The molecule has 3 rings (SSSR count). The summed E-state index contributed by atoms with van der Waals surface area (Å²) in [4.78, 5) is 20.6.